The van der Waals surface area contributed by atoms with Crippen LogP contribution < -0.4 is 0 Å². The molecule has 1 aliphatic rings. The van der Waals surface area contributed by atoms with Crippen LogP contribution in [0.25, 0.3) is 0 Å². The fourth-order valence-electron chi connectivity index (χ4n) is 0.888. The van der Waals surface area contributed by atoms with Crippen molar-refractivity contribution in [3.8, 4) is 0 Å². The van der Waals surface area contributed by atoms with Gasteiger partial charge in [-0.05, 0) is 12.2 Å². The third kappa shape index (κ3) is 2.02. The molecule has 3 heteroatoms. The highest BCUT2D eigenvalue weighted by atomic mass is 35.5. The van der Waals surface area contributed by atoms with Crippen LogP contribution in [0.15, 0.2) is 35.9 Å². The summed E-state index contributed by atoms with van der Waals surface area (Å²) in [7, 11) is 0. The second kappa shape index (κ2) is 3.22. The van der Waals surface area contributed by atoms with Gasteiger partial charge in [0.25, 0.3) is 0 Å². The SMILES string of the molecule is C=CC1C=CC(Cl)=CC1(Cl)Cl. The Balaban J connectivity index is 2.92. The molecule has 60 valence electrons. The van der Waals surface area contributed by atoms with Gasteiger partial charge >= 0.3 is 0 Å². The van der Waals surface area contributed by atoms with E-state index < -0.39 is 4.33 Å². The van der Waals surface area contributed by atoms with E-state index in [1.807, 2.05) is 6.08 Å². The minimum Gasteiger partial charge on any atom is -0.102 e. The van der Waals surface area contributed by atoms with E-state index in [1.54, 1.807) is 18.2 Å². The van der Waals surface area contributed by atoms with Gasteiger partial charge in [-0.25, -0.2) is 0 Å². The lowest BCUT2D eigenvalue weighted by atomic mass is 10.00. The summed E-state index contributed by atoms with van der Waals surface area (Å²) in [5.41, 5.74) is 0. The van der Waals surface area contributed by atoms with Crippen molar-refractivity contribution < 1.29 is 0 Å². The second-order valence-electron chi connectivity index (χ2n) is 2.32. The first-order valence-corrected chi connectivity index (χ1v) is 4.26. The number of allylic oxidation sites excluding steroid dienone is 5. The lowest BCUT2D eigenvalue weighted by molar-refractivity contribution is 0.771. The van der Waals surface area contributed by atoms with Gasteiger partial charge in [0, 0.05) is 11.0 Å². The summed E-state index contributed by atoms with van der Waals surface area (Å²) in [6, 6.07) is 0. The van der Waals surface area contributed by atoms with Gasteiger partial charge in [0.1, 0.15) is 4.33 Å². The van der Waals surface area contributed by atoms with Gasteiger partial charge in [0.15, 0.2) is 0 Å². The minimum atomic E-state index is -0.937. The van der Waals surface area contributed by atoms with Crippen LogP contribution in [0.3, 0.4) is 0 Å². The molecule has 1 aliphatic carbocycles. The fourth-order valence-corrected chi connectivity index (χ4v) is 1.80. The maximum atomic E-state index is 5.92. The maximum Gasteiger partial charge on any atom is 0.147 e. The minimum absolute atomic E-state index is 0.0617. The van der Waals surface area contributed by atoms with E-state index in [2.05, 4.69) is 6.58 Å². The van der Waals surface area contributed by atoms with Crippen LogP contribution in [0.5, 0.6) is 0 Å². The number of halogens is 3. The van der Waals surface area contributed by atoms with Crippen LogP contribution >= 0.6 is 34.8 Å². The molecule has 0 saturated carbocycles. The number of rotatable bonds is 1. The first kappa shape index (κ1) is 9.18. The normalized spacial score (nSPS) is 27.9. The molecule has 1 rings (SSSR count). The van der Waals surface area contributed by atoms with Crippen molar-refractivity contribution >= 4 is 34.8 Å². The quantitative estimate of drug-likeness (QED) is 0.457. The summed E-state index contributed by atoms with van der Waals surface area (Å²) in [5.74, 6) is -0.0617. The van der Waals surface area contributed by atoms with Crippen LogP contribution in [-0.2, 0) is 0 Å². The summed E-state index contributed by atoms with van der Waals surface area (Å²) in [6.45, 7) is 3.61. The van der Waals surface area contributed by atoms with Crippen molar-refractivity contribution in [3.05, 3.63) is 35.9 Å². The zero-order chi connectivity index (χ0) is 8.48. The molecule has 0 aromatic rings. The Hall–Kier alpha value is 0.0900. The smallest absolute Gasteiger partial charge is 0.102 e. The molecule has 0 N–H and O–H groups in total. The van der Waals surface area contributed by atoms with Crippen molar-refractivity contribution in [1.29, 1.82) is 0 Å². The summed E-state index contributed by atoms with van der Waals surface area (Å²) in [6.07, 6.45) is 6.88. The van der Waals surface area contributed by atoms with Crippen molar-refractivity contribution in [2.75, 3.05) is 0 Å². The van der Waals surface area contributed by atoms with E-state index in [1.165, 1.54) is 0 Å². The Labute approximate surface area is 81.1 Å². The van der Waals surface area contributed by atoms with Crippen LogP contribution in [0.2, 0.25) is 0 Å². The van der Waals surface area contributed by atoms with Crippen molar-refractivity contribution in [3.63, 3.8) is 0 Å². The third-order valence-electron chi connectivity index (χ3n) is 1.49. The zero-order valence-corrected chi connectivity index (χ0v) is 8.00. The average Bonchev–Trinajstić information content (AvgIpc) is 1.85. The lowest BCUT2D eigenvalue weighted by Gasteiger charge is -2.24. The molecule has 1 atom stereocenters. The molecule has 0 aromatic carbocycles. The largest absolute Gasteiger partial charge is 0.147 e. The molecule has 0 nitrogen and oxygen atoms in total. The summed E-state index contributed by atoms with van der Waals surface area (Å²) < 4.78 is -0.937. The standard InChI is InChI=1S/C8H7Cl3/c1-2-6-3-4-7(9)5-8(6,10)11/h2-6H,1H2. The van der Waals surface area contributed by atoms with Crippen LogP contribution in [-0.4, -0.2) is 4.33 Å². The third-order valence-corrected chi connectivity index (χ3v) is 2.45. The van der Waals surface area contributed by atoms with Crippen molar-refractivity contribution in [1.82, 2.24) is 0 Å². The number of alkyl halides is 2. The molecule has 0 bridgehead atoms. The van der Waals surface area contributed by atoms with Gasteiger partial charge in [-0.15, -0.1) is 6.58 Å². The molecule has 0 saturated heterocycles. The van der Waals surface area contributed by atoms with E-state index in [9.17, 15) is 0 Å². The Bertz CT molecular complexity index is 225. The van der Waals surface area contributed by atoms with Gasteiger partial charge in [-0.2, -0.15) is 0 Å². The van der Waals surface area contributed by atoms with Crippen molar-refractivity contribution in [2.24, 2.45) is 5.92 Å². The van der Waals surface area contributed by atoms with Crippen LogP contribution in [0, 0.1) is 5.92 Å². The molecule has 0 fully saturated rings. The summed E-state index contributed by atoms with van der Waals surface area (Å²) in [5, 5.41) is 0.563. The van der Waals surface area contributed by atoms with E-state index in [-0.39, 0.29) is 5.92 Å². The van der Waals surface area contributed by atoms with Gasteiger partial charge in [0.2, 0.25) is 0 Å². The Morgan fingerprint density at radius 2 is 2.18 bits per heavy atom. The molecule has 0 amide bonds. The predicted molar refractivity (Wildman–Crippen MR) is 51.2 cm³/mol. The highest BCUT2D eigenvalue weighted by molar-refractivity contribution is 6.51. The van der Waals surface area contributed by atoms with Crippen LogP contribution in [0.4, 0.5) is 0 Å². The maximum absolute atomic E-state index is 5.92. The van der Waals surface area contributed by atoms with Gasteiger partial charge in [-0.1, -0.05) is 47.0 Å². The predicted octanol–water partition coefficient (Wildman–Crippen LogP) is 3.66. The summed E-state index contributed by atoms with van der Waals surface area (Å²) in [4.78, 5) is 0. The van der Waals surface area contributed by atoms with E-state index in [0.717, 1.165) is 0 Å². The van der Waals surface area contributed by atoms with E-state index >= 15 is 0 Å². The van der Waals surface area contributed by atoms with E-state index in [0.29, 0.717) is 5.03 Å². The topological polar surface area (TPSA) is 0 Å². The van der Waals surface area contributed by atoms with Gasteiger partial charge in [-0.3, -0.25) is 0 Å². The van der Waals surface area contributed by atoms with Gasteiger partial charge in [0.05, 0.1) is 0 Å². The summed E-state index contributed by atoms with van der Waals surface area (Å²) >= 11 is 17.5. The Kier molecular flexibility index (Phi) is 2.69. The number of hydrogen-bond donors (Lipinski definition) is 0. The number of hydrogen-bond acceptors (Lipinski definition) is 0. The first-order chi connectivity index (χ1) is 5.06. The molecule has 0 heterocycles. The Morgan fingerprint density at radius 3 is 2.64 bits per heavy atom. The average molecular weight is 210 g/mol. The van der Waals surface area contributed by atoms with Crippen LogP contribution in [0.1, 0.15) is 0 Å². The highest BCUT2D eigenvalue weighted by Crippen LogP contribution is 2.38. The molecular weight excluding hydrogens is 202 g/mol. The first-order valence-electron chi connectivity index (χ1n) is 3.13. The molecule has 0 radical (unpaired) electrons. The molecule has 1 unspecified atom stereocenters. The second-order valence-corrected chi connectivity index (χ2v) is 4.21. The fraction of sp³-hybridized carbons (Fsp3) is 0.250. The van der Waals surface area contributed by atoms with Crippen molar-refractivity contribution in [2.45, 2.75) is 4.33 Å². The molecule has 0 aliphatic heterocycles. The van der Waals surface area contributed by atoms with E-state index in [4.69, 9.17) is 34.8 Å². The lowest BCUT2D eigenvalue weighted by Crippen LogP contribution is -2.21. The molecule has 11 heavy (non-hydrogen) atoms. The molecular formula is C8H7Cl3. The Morgan fingerprint density at radius 1 is 1.55 bits per heavy atom. The monoisotopic (exact) mass is 208 g/mol. The molecule has 0 aromatic heterocycles. The zero-order valence-electron chi connectivity index (χ0n) is 5.73. The molecule has 0 spiro atoms. The highest BCUT2D eigenvalue weighted by Gasteiger charge is 2.30. The van der Waals surface area contributed by atoms with Gasteiger partial charge < -0.3 is 0 Å².